The molecule has 0 aromatic rings. The van der Waals surface area contributed by atoms with Gasteiger partial charge in [0, 0.05) is 31.7 Å². The van der Waals surface area contributed by atoms with Crippen molar-refractivity contribution in [1.82, 2.24) is 9.80 Å². The fraction of sp³-hybridized carbons (Fsp3) is 1.00. The first-order valence-electron chi connectivity index (χ1n) is 9.27. The number of likely N-dealkylation sites (N-methyl/N-ethyl adjacent to an activating group) is 1. The van der Waals surface area contributed by atoms with E-state index >= 15 is 0 Å². The van der Waals surface area contributed by atoms with Crippen LogP contribution in [-0.2, 0) is 0 Å². The standard InChI is InChI=1S/C18H32N2/c1-19-10-11-20-17-9-5-3-7-15(17)12-14-6-2-4-8-16(14)18(20)13-19/h14-18H,2-13H2,1H3. The summed E-state index contributed by atoms with van der Waals surface area (Å²) in [6.07, 6.45) is 13.7. The highest BCUT2D eigenvalue weighted by Crippen LogP contribution is 2.47. The van der Waals surface area contributed by atoms with Gasteiger partial charge in [0.15, 0.2) is 0 Å². The predicted molar refractivity (Wildman–Crippen MR) is 83.8 cm³/mol. The highest BCUT2D eigenvalue weighted by atomic mass is 15.3. The van der Waals surface area contributed by atoms with Gasteiger partial charge >= 0.3 is 0 Å². The highest BCUT2D eigenvalue weighted by Gasteiger charge is 2.46. The molecule has 2 saturated carbocycles. The van der Waals surface area contributed by atoms with Gasteiger partial charge in [-0.05, 0) is 50.5 Å². The third-order valence-corrected chi connectivity index (χ3v) is 7.03. The quantitative estimate of drug-likeness (QED) is 0.669. The van der Waals surface area contributed by atoms with E-state index in [1.54, 1.807) is 12.8 Å². The van der Waals surface area contributed by atoms with Gasteiger partial charge in [0.1, 0.15) is 0 Å². The molecule has 0 radical (unpaired) electrons. The minimum absolute atomic E-state index is 0.896. The molecule has 4 aliphatic rings. The Morgan fingerprint density at radius 3 is 2.40 bits per heavy atom. The molecule has 0 spiro atoms. The van der Waals surface area contributed by atoms with Crippen LogP contribution >= 0.6 is 0 Å². The Bertz CT molecular complexity index is 342. The van der Waals surface area contributed by atoms with Crippen molar-refractivity contribution in [1.29, 1.82) is 0 Å². The molecule has 2 aliphatic heterocycles. The lowest BCUT2D eigenvalue weighted by atomic mass is 9.71. The Labute approximate surface area is 124 Å². The van der Waals surface area contributed by atoms with Crippen LogP contribution < -0.4 is 0 Å². The lowest BCUT2D eigenvalue weighted by Crippen LogP contribution is -2.59. The van der Waals surface area contributed by atoms with E-state index in [1.165, 1.54) is 64.6 Å². The first-order chi connectivity index (χ1) is 9.83. The first kappa shape index (κ1) is 13.6. The lowest BCUT2D eigenvalue weighted by molar-refractivity contribution is -0.00354. The molecule has 0 N–H and O–H groups in total. The summed E-state index contributed by atoms with van der Waals surface area (Å²) in [5.74, 6) is 3.13. The molecule has 0 aromatic heterocycles. The number of fused-ring (bicyclic) bond motifs is 5. The molecule has 4 fully saturated rings. The van der Waals surface area contributed by atoms with E-state index in [0.717, 1.165) is 29.8 Å². The van der Waals surface area contributed by atoms with Gasteiger partial charge < -0.3 is 4.90 Å². The summed E-state index contributed by atoms with van der Waals surface area (Å²) < 4.78 is 0. The first-order valence-corrected chi connectivity index (χ1v) is 9.27. The van der Waals surface area contributed by atoms with Crippen LogP contribution in [0.5, 0.6) is 0 Å². The Hall–Kier alpha value is -0.0800. The average molecular weight is 276 g/mol. The molecule has 2 nitrogen and oxygen atoms in total. The summed E-state index contributed by atoms with van der Waals surface area (Å²) in [5, 5.41) is 0. The monoisotopic (exact) mass is 276 g/mol. The van der Waals surface area contributed by atoms with E-state index in [1.807, 2.05) is 0 Å². The number of rotatable bonds is 0. The van der Waals surface area contributed by atoms with Crippen molar-refractivity contribution in [2.24, 2.45) is 17.8 Å². The van der Waals surface area contributed by atoms with Gasteiger partial charge in [0.25, 0.3) is 0 Å². The smallest absolute Gasteiger partial charge is 0.0257 e. The Morgan fingerprint density at radius 2 is 1.50 bits per heavy atom. The lowest BCUT2D eigenvalue weighted by Gasteiger charge is -2.49. The second-order valence-electron chi connectivity index (χ2n) is 8.12. The number of hydrogen-bond donors (Lipinski definition) is 0. The zero-order chi connectivity index (χ0) is 13.5. The van der Waals surface area contributed by atoms with Crippen molar-refractivity contribution in [2.45, 2.75) is 69.9 Å². The normalized spacial score (nSPS) is 47.0. The van der Waals surface area contributed by atoms with E-state index in [-0.39, 0.29) is 0 Å². The van der Waals surface area contributed by atoms with Gasteiger partial charge in [-0.2, -0.15) is 0 Å². The summed E-state index contributed by atoms with van der Waals surface area (Å²) in [6, 6.07) is 1.85. The molecular weight excluding hydrogens is 244 g/mol. The number of hydrogen-bond acceptors (Lipinski definition) is 2. The molecule has 2 heteroatoms. The van der Waals surface area contributed by atoms with Crippen LogP contribution in [0.1, 0.15) is 57.8 Å². The van der Waals surface area contributed by atoms with E-state index in [4.69, 9.17) is 0 Å². The van der Waals surface area contributed by atoms with Crippen LogP contribution in [0.3, 0.4) is 0 Å². The van der Waals surface area contributed by atoms with Crippen LogP contribution in [0.25, 0.3) is 0 Å². The fourth-order valence-corrected chi connectivity index (χ4v) is 6.08. The zero-order valence-corrected chi connectivity index (χ0v) is 13.3. The summed E-state index contributed by atoms with van der Waals surface area (Å²) in [7, 11) is 2.35. The van der Waals surface area contributed by atoms with Crippen molar-refractivity contribution in [3.63, 3.8) is 0 Å². The van der Waals surface area contributed by atoms with E-state index in [9.17, 15) is 0 Å². The zero-order valence-electron chi connectivity index (χ0n) is 13.3. The maximum absolute atomic E-state index is 3.01. The van der Waals surface area contributed by atoms with Crippen molar-refractivity contribution < 1.29 is 0 Å². The summed E-state index contributed by atoms with van der Waals surface area (Å²) in [4.78, 5) is 5.62. The molecule has 2 heterocycles. The second-order valence-corrected chi connectivity index (χ2v) is 8.12. The van der Waals surface area contributed by atoms with Crippen molar-refractivity contribution in [2.75, 3.05) is 26.7 Å². The topological polar surface area (TPSA) is 6.48 Å². The van der Waals surface area contributed by atoms with E-state index in [0.29, 0.717) is 0 Å². The molecule has 0 aromatic carbocycles. The van der Waals surface area contributed by atoms with Gasteiger partial charge in [0.2, 0.25) is 0 Å². The number of piperazine rings is 1. The molecule has 0 amide bonds. The van der Waals surface area contributed by atoms with Crippen molar-refractivity contribution in [3.8, 4) is 0 Å². The Kier molecular flexibility index (Phi) is 3.80. The minimum Gasteiger partial charge on any atom is -0.304 e. The fourth-order valence-electron chi connectivity index (χ4n) is 6.08. The van der Waals surface area contributed by atoms with Crippen LogP contribution in [0.2, 0.25) is 0 Å². The molecule has 5 atom stereocenters. The van der Waals surface area contributed by atoms with Crippen LogP contribution in [0.15, 0.2) is 0 Å². The molecular formula is C18H32N2. The Balaban J connectivity index is 1.64. The maximum atomic E-state index is 3.01. The van der Waals surface area contributed by atoms with Gasteiger partial charge in [-0.25, -0.2) is 0 Å². The largest absolute Gasteiger partial charge is 0.304 e. The van der Waals surface area contributed by atoms with Gasteiger partial charge in [-0.1, -0.05) is 32.1 Å². The second kappa shape index (κ2) is 5.61. The SMILES string of the molecule is CN1CCN2C3CCCCC3CC3CCCCC3C2C1. The van der Waals surface area contributed by atoms with Gasteiger partial charge in [0.05, 0.1) is 0 Å². The van der Waals surface area contributed by atoms with E-state index in [2.05, 4.69) is 16.8 Å². The summed E-state index contributed by atoms with van der Waals surface area (Å²) in [6.45, 7) is 4.01. The van der Waals surface area contributed by atoms with Crippen LogP contribution in [0.4, 0.5) is 0 Å². The van der Waals surface area contributed by atoms with Crippen molar-refractivity contribution >= 4 is 0 Å². The molecule has 114 valence electrons. The summed E-state index contributed by atoms with van der Waals surface area (Å²) >= 11 is 0. The average Bonchev–Trinajstić information content (AvgIpc) is 2.61. The van der Waals surface area contributed by atoms with Crippen LogP contribution in [-0.4, -0.2) is 48.6 Å². The van der Waals surface area contributed by atoms with Gasteiger partial charge in [-0.15, -0.1) is 0 Å². The Morgan fingerprint density at radius 1 is 0.750 bits per heavy atom. The molecule has 5 unspecified atom stereocenters. The number of nitrogens with zero attached hydrogens (tertiary/aromatic N) is 2. The molecule has 2 saturated heterocycles. The third kappa shape index (κ3) is 2.33. The maximum Gasteiger partial charge on any atom is 0.0257 e. The molecule has 20 heavy (non-hydrogen) atoms. The van der Waals surface area contributed by atoms with E-state index < -0.39 is 0 Å². The predicted octanol–water partition coefficient (Wildman–Crippen LogP) is 3.37. The third-order valence-electron chi connectivity index (χ3n) is 7.03. The van der Waals surface area contributed by atoms with Crippen LogP contribution in [0, 0.1) is 17.8 Å². The molecule has 2 aliphatic carbocycles. The van der Waals surface area contributed by atoms with Crippen molar-refractivity contribution in [3.05, 3.63) is 0 Å². The van der Waals surface area contributed by atoms with Gasteiger partial charge in [-0.3, -0.25) is 4.90 Å². The highest BCUT2D eigenvalue weighted by molar-refractivity contribution is 5.00. The summed E-state index contributed by atoms with van der Waals surface area (Å²) in [5.41, 5.74) is 0. The molecule has 4 rings (SSSR count). The minimum atomic E-state index is 0.896. The molecule has 0 bridgehead atoms.